The lowest BCUT2D eigenvalue weighted by Crippen LogP contribution is -2.39. The highest BCUT2D eigenvalue weighted by Gasteiger charge is 2.29. The van der Waals surface area contributed by atoms with Gasteiger partial charge in [-0.05, 0) is 19.0 Å². The Morgan fingerprint density at radius 3 is 2.58 bits per heavy atom. The summed E-state index contributed by atoms with van der Waals surface area (Å²) in [5.74, 6) is 0.905. The highest BCUT2D eigenvalue weighted by atomic mass is 16.5. The molecule has 4 nitrogen and oxygen atoms in total. The third-order valence-corrected chi connectivity index (χ3v) is 3.30. The minimum Gasteiger partial charge on any atom is -0.496 e. The van der Waals surface area contributed by atoms with Crippen molar-refractivity contribution in [1.82, 2.24) is 4.90 Å². The van der Waals surface area contributed by atoms with Gasteiger partial charge in [-0.25, -0.2) is 0 Å². The Balaban J connectivity index is 2.79. The summed E-state index contributed by atoms with van der Waals surface area (Å²) in [6.07, 6.45) is 0.683. The van der Waals surface area contributed by atoms with E-state index in [2.05, 4.69) is 0 Å². The maximum atomic E-state index is 12.4. The van der Waals surface area contributed by atoms with E-state index in [1.165, 1.54) is 0 Å². The highest BCUT2D eigenvalue weighted by molar-refractivity contribution is 5.81. The molecule has 0 unspecified atom stereocenters. The summed E-state index contributed by atoms with van der Waals surface area (Å²) in [7, 11) is 3.45. The van der Waals surface area contributed by atoms with Crippen molar-refractivity contribution in [3.8, 4) is 5.75 Å². The van der Waals surface area contributed by atoms with E-state index in [1.54, 1.807) is 12.0 Å². The van der Waals surface area contributed by atoms with Crippen LogP contribution in [0.25, 0.3) is 0 Å². The molecular formula is C15H24N2O2. The van der Waals surface area contributed by atoms with Gasteiger partial charge < -0.3 is 15.4 Å². The first kappa shape index (κ1) is 15.5. The number of carbonyl (C=O) groups is 1. The zero-order valence-corrected chi connectivity index (χ0v) is 12.3. The molecule has 0 atom stereocenters. The van der Waals surface area contributed by atoms with Crippen molar-refractivity contribution in [3.63, 3.8) is 0 Å². The molecule has 0 aliphatic rings. The Morgan fingerprint density at radius 1 is 1.37 bits per heavy atom. The highest BCUT2D eigenvalue weighted by Crippen LogP contribution is 2.25. The molecule has 2 N–H and O–H groups in total. The Hall–Kier alpha value is -1.55. The fraction of sp³-hybridized carbons (Fsp3) is 0.533. The molecule has 1 aromatic rings. The van der Waals surface area contributed by atoms with Gasteiger partial charge in [0.2, 0.25) is 5.91 Å². The van der Waals surface area contributed by atoms with Gasteiger partial charge in [-0.3, -0.25) is 4.79 Å². The number of carbonyl (C=O) groups excluding carboxylic acids is 1. The number of methoxy groups -OCH3 is 1. The predicted molar refractivity (Wildman–Crippen MR) is 76.9 cm³/mol. The maximum Gasteiger partial charge on any atom is 0.228 e. The molecule has 4 heteroatoms. The zero-order chi connectivity index (χ0) is 14.5. The minimum absolute atomic E-state index is 0.101. The summed E-state index contributed by atoms with van der Waals surface area (Å²) >= 11 is 0. The molecule has 1 amide bonds. The van der Waals surface area contributed by atoms with Gasteiger partial charge in [-0.15, -0.1) is 0 Å². The number of hydrogen-bond donors (Lipinski definition) is 1. The fourth-order valence-electron chi connectivity index (χ4n) is 2.15. The molecule has 106 valence electrons. The van der Waals surface area contributed by atoms with Crippen LogP contribution in [-0.2, 0) is 11.3 Å². The molecule has 0 aromatic heterocycles. The Bertz CT molecular complexity index is 430. The van der Waals surface area contributed by atoms with Crippen molar-refractivity contribution < 1.29 is 9.53 Å². The van der Waals surface area contributed by atoms with Crippen LogP contribution in [-0.4, -0.2) is 31.5 Å². The van der Waals surface area contributed by atoms with Crippen LogP contribution in [0.3, 0.4) is 0 Å². The number of ether oxygens (including phenoxy) is 1. The number of benzene rings is 1. The first-order chi connectivity index (χ1) is 8.92. The second-order valence-corrected chi connectivity index (χ2v) is 5.40. The number of amides is 1. The predicted octanol–water partition coefficient (Wildman–Crippen LogP) is 2.03. The van der Waals surface area contributed by atoms with Gasteiger partial charge in [0.25, 0.3) is 0 Å². The monoisotopic (exact) mass is 264 g/mol. The van der Waals surface area contributed by atoms with Crippen molar-refractivity contribution in [3.05, 3.63) is 29.8 Å². The van der Waals surface area contributed by atoms with Crippen LogP contribution in [0.1, 0.15) is 25.8 Å². The van der Waals surface area contributed by atoms with Gasteiger partial charge >= 0.3 is 0 Å². The van der Waals surface area contributed by atoms with E-state index in [9.17, 15) is 4.79 Å². The minimum atomic E-state index is -0.425. The lowest BCUT2D eigenvalue weighted by atomic mass is 9.87. The van der Waals surface area contributed by atoms with Gasteiger partial charge in [0, 0.05) is 24.6 Å². The molecule has 0 saturated heterocycles. The standard InChI is InChI=1S/C15H24N2O2/c1-15(2,9-10-16)14(18)17(3)11-12-7-5-6-8-13(12)19-4/h5-8H,9-11,16H2,1-4H3. The van der Waals surface area contributed by atoms with E-state index in [0.29, 0.717) is 19.5 Å². The quantitative estimate of drug-likeness (QED) is 0.855. The Morgan fingerprint density at radius 2 is 2.00 bits per heavy atom. The Labute approximate surface area is 115 Å². The second kappa shape index (κ2) is 6.57. The fourth-order valence-corrected chi connectivity index (χ4v) is 2.15. The topological polar surface area (TPSA) is 55.6 Å². The van der Waals surface area contributed by atoms with Crippen LogP contribution in [0.5, 0.6) is 5.75 Å². The third-order valence-electron chi connectivity index (χ3n) is 3.30. The summed E-state index contributed by atoms with van der Waals surface area (Å²) in [5.41, 5.74) is 6.14. The molecule has 0 aliphatic carbocycles. The van der Waals surface area contributed by atoms with E-state index in [-0.39, 0.29) is 5.91 Å². The molecule has 0 fully saturated rings. The zero-order valence-electron chi connectivity index (χ0n) is 12.3. The van der Waals surface area contributed by atoms with E-state index in [4.69, 9.17) is 10.5 Å². The lowest BCUT2D eigenvalue weighted by Gasteiger charge is -2.29. The van der Waals surface area contributed by atoms with Crippen molar-refractivity contribution in [1.29, 1.82) is 0 Å². The Kier molecular flexibility index (Phi) is 5.36. The molecular weight excluding hydrogens is 240 g/mol. The molecule has 0 spiro atoms. The van der Waals surface area contributed by atoms with E-state index in [1.807, 2.05) is 45.2 Å². The largest absolute Gasteiger partial charge is 0.496 e. The van der Waals surface area contributed by atoms with Crippen LogP contribution in [0.4, 0.5) is 0 Å². The molecule has 1 aromatic carbocycles. The first-order valence-corrected chi connectivity index (χ1v) is 6.50. The summed E-state index contributed by atoms with van der Waals surface area (Å²) in [6, 6.07) is 7.74. The van der Waals surface area contributed by atoms with Gasteiger partial charge in [-0.2, -0.15) is 0 Å². The van der Waals surface area contributed by atoms with Crippen molar-refractivity contribution in [2.75, 3.05) is 20.7 Å². The number of nitrogens with zero attached hydrogens (tertiary/aromatic N) is 1. The number of nitrogens with two attached hydrogens (primary N) is 1. The third kappa shape index (κ3) is 3.96. The smallest absolute Gasteiger partial charge is 0.228 e. The van der Waals surface area contributed by atoms with Crippen LogP contribution < -0.4 is 10.5 Å². The van der Waals surface area contributed by atoms with Crippen molar-refractivity contribution in [2.45, 2.75) is 26.8 Å². The van der Waals surface area contributed by atoms with Gasteiger partial charge in [0.05, 0.1) is 7.11 Å². The summed E-state index contributed by atoms with van der Waals surface area (Å²) in [5, 5.41) is 0. The molecule has 0 aliphatic heterocycles. The molecule has 0 radical (unpaired) electrons. The average Bonchev–Trinajstić information content (AvgIpc) is 2.38. The normalized spacial score (nSPS) is 11.2. The van der Waals surface area contributed by atoms with E-state index >= 15 is 0 Å². The number of rotatable bonds is 6. The molecule has 19 heavy (non-hydrogen) atoms. The van der Waals surface area contributed by atoms with Gasteiger partial charge in [0.1, 0.15) is 5.75 Å². The van der Waals surface area contributed by atoms with E-state index < -0.39 is 5.41 Å². The van der Waals surface area contributed by atoms with Crippen LogP contribution >= 0.6 is 0 Å². The van der Waals surface area contributed by atoms with Crippen molar-refractivity contribution in [2.24, 2.45) is 11.1 Å². The number of para-hydroxylation sites is 1. The van der Waals surface area contributed by atoms with Gasteiger partial charge in [-0.1, -0.05) is 32.0 Å². The summed E-state index contributed by atoms with van der Waals surface area (Å²) in [4.78, 5) is 14.1. The summed E-state index contributed by atoms with van der Waals surface area (Å²) < 4.78 is 5.30. The lowest BCUT2D eigenvalue weighted by molar-refractivity contribution is -0.139. The molecule has 0 saturated carbocycles. The van der Waals surface area contributed by atoms with Crippen molar-refractivity contribution >= 4 is 5.91 Å². The SMILES string of the molecule is COc1ccccc1CN(C)C(=O)C(C)(C)CCN. The van der Waals surface area contributed by atoms with Crippen LogP contribution in [0.2, 0.25) is 0 Å². The number of hydrogen-bond acceptors (Lipinski definition) is 3. The van der Waals surface area contributed by atoms with Crippen LogP contribution in [0.15, 0.2) is 24.3 Å². The first-order valence-electron chi connectivity index (χ1n) is 6.50. The molecule has 0 bridgehead atoms. The second-order valence-electron chi connectivity index (χ2n) is 5.40. The summed E-state index contributed by atoms with van der Waals surface area (Å²) in [6.45, 7) is 4.92. The molecule has 1 rings (SSSR count). The molecule has 0 heterocycles. The average molecular weight is 264 g/mol. The van der Waals surface area contributed by atoms with E-state index in [0.717, 1.165) is 11.3 Å². The van der Waals surface area contributed by atoms with Crippen LogP contribution in [0, 0.1) is 5.41 Å². The maximum absolute atomic E-state index is 12.4. The van der Waals surface area contributed by atoms with Gasteiger partial charge in [0.15, 0.2) is 0 Å².